The van der Waals surface area contributed by atoms with Crippen LogP contribution < -0.4 is 5.56 Å². The summed E-state index contributed by atoms with van der Waals surface area (Å²) in [7, 11) is 1.49. The zero-order valence-electron chi connectivity index (χ0n) is 14.7. The first-order valence-electron chi connectivity index (χ1n) is 8.57. The van der Waals surface area contributed by atoms with E-state index in [4.69, 9.17) is 9.47 Å². The molecule has 3 rings (SSSR count). The van der Waals surface area contributed by atoms with Gasteiger partial charge in [-0.1, -0.05) is 11.6 Å². The number of amides is 1. The molecule has 0 aliphatic carbocycles. The molecule has 6 heteroatoms. The van der Waals surface area contributed by atoms with Crippen molar-refractivity contribution in [1.82, 2.24) is 9.88 Å². The fraction of sp³-hybridized carbons (Fsp3) is 0.474. The SMILES string of the molecule is COCC(=O)N(Cc1cc2cc(C)ccc2[nH]c1=O)CC1CCCO1. The number of rotatable bonds is 6. The predicted molar refractivity (Wildman–Crippen MR) is 95.6 cm³/mol. The van der Waals surface area contributed by atoms with Gasteiger partial charge in [0.2, 0.25) is 5.91 Å². The second-order valence-corrected chi connectivity index (χ2v) is 6.56. The van der Waals surface area contributed by atoms with E-state index in [0.29, 0.717) is 12.1 Å². The van der Waals surface area contributed by atoms with Crippen LogP contribution in [0.25, 0.3) is 10.9 Å². The molecule has 134 valence electrons. The molecule has 1 N–H and O–H groups in total. The number of pyridine rings is 1. The second kappa shape index (κ2) is 7.80. The fourth-order valence-electron chi connectivity index (χ4n) is 3.20. The summed E-state index contributed by atoms with van der Waals surface area (Å²) in [6, 6.07) is 7.75. The molecule has 1 aromatic heterocycles. The quantitative estimate of drug-likeness (QED) is 0.870. The molecular formula is C19H24N2O4. The number of nitrogens with zero attached hydrogens (tertiary/aromatic N) is 1. The molecule has 6 nitrogen and oxygen atoms in total. The average molecular weight is 344 g/mol. The Kier molecular flexibility index (Phi) is 5.50. The van der Waals surface area contributed by atoms with Crippen molar-refractivity contribution in [2.45, 2.75) is 32.4 Å². The molecular weight excluding hydrogens is 320 g/mol. The molecule has 25 heavy (non-hydrogen) atoms. The molecule has 1 amide bonds. The van der Waals surface area contributed by atoms with Crippen LogP contribution in [0.2, 0.25) is 0 Å². The van der Waals surface area contributed by atoms with E-state index in [1.54, 1.807) is 4.90 Å². The van der Waals surface area contributed by atoms with Gasteiger partial charge in [0.1, 0.15) is 6.61 Å². The second-order valence-electron chi connectivity index (χ2n) is 6.56. The molecule has 1 aliphatic rings. The zero-order chi connectivity index (χ0) is 17.8. The Balaban J connectivity index is 1.86. The van der Waals surface area contributed by atoms with Gasteiger partial charge < -0.3 is 19.4 Å². The summed E-state index contributed by atoms with van der Waals surface area (Å²) in [5.74, 6) is -0.137. The molecule has 1 saturated heterocycles. The number of nitrogens with one attached hydrogen (secondary N) is 1. The van der Waals surface area contributed by atoms with Crippen molar-refractivity contribution in [3.05, 3.63) is 45.7 Å². The van der Waals surface area contributed by atoms with Crippen molar-refractivity contribution < 1.29 is 14.3 Å². The molecule has 0 saturated carbocycles. The van der Waals surface area contributed by atoms with Gasteiger partial charge in [-0.25, -0.2) is 0 Å². The Bertz CT molecular complexity index is 809. The Morgan fingerprint density at radius 3 is 2.96 bits per heavy atom. The molecule has 2 heterocycles. The molecule has 1 fully saturated rings. The Morgan fingerprint density at radius 2 is 2.24 bits per heavy atom. The number of aromatic nitrogens is 1. The molecule has 1 unspecified atom stereocenters. The lowest BCUT2D eigenvalue weighted by Gasteiger charge is -2.25. The minimum Gasteiger partial charge on any atom is -0.376 e. The van der Waals surface area contributed by atoms with Crippen molar-refractivity contribution in [2.75, 3.05) is 26.9 Å². The lowest BCUT2D eigenvalue weighted by molar-refractivity contribution is -0.137. The van der Waals surface area contributed by atoms with Crippen LogP contribution in [0, 0.1) is 6.92 Å². The van der Waals surface area contributed by atoms with Crippen molar-refractivity contribution in [3.63, 3.8) is 0 Å². The molecule has 0 radical (unpaired) electrons. The lowest BCUT2D eigenvalue weighted by atomic mass is 10.1. The third kappa shape index (κ3) is 4.27. The zero-order valence-corrected chi connectivity index (χ0v) is 14.7. The van der Waals surface area contributed by atoms with E-state index in [2.05, 4.69) is 4.98 Å². The minimum absolute atomic E-state index is 0.00266. The normalized spacial score (nSPS) is 17.1. The number of methoxy groups -OCH3 is 1. The number of aromatic amines is 1. The average Bonchev–Trinajstić information content (AvgIpc) is 3.08. The summed E-state index contributed by atoms with van der Waals surface area (Å²) in [5.41, 5.74) is 2.32. The first-order chi connectivity index (χ1) is 12.1. The van der Waals surface area contributed by atoms with E-state index in [9.17, 15) is 9.59 Å². The van der Waals surface area contributed by atoms with E-state index in [1.165, 1.54) is 7.11 Å². The number of ether oxygens (including phenoxy) is 2. The van der Waals surface area contributed by atoms with E-state index in [1.807, 2.05) is 31.2 Å². The van der Waals surface area contributed by atoms with Crippen LogP contribution in [-0.4, -0.2) is 48.8 Å². The smallest absolute Gasteiger partial charge is 0.253 e. The van der Waals surface area contributed by atoms with Crippen molar-refractivity contribution in [3.8, 4) is 0 Å². The number of carbonyl (C=O) groups excluding carboxylic acids is 1. The number of hydrogen-bond acceptors (Lipinski definition) is 4. The van der Waals surface area contributed by atoms with E-state index < -0.39 is 0 Å². The van der Waals surface area contributed by atoms with Crippen LogP contribution in [0.1, 0.15) is 24.0 Å². The van der Waals surface area contributed by atoms with Gasteiger partial charge in [0, 0.05) is 31.3 Å². The van der Waals surface area contributed by atoms with E-state index in [-0.39, 0.29) is 30.7 Å². The Hall–Kier alpha value is -2.18. The topological polar surface area (TPSA) is 71.6 Å². The van der Waals surface area contributed by atoms with Gasteiger partial charge in [-0.3, -0.25) is 9.59 Å². The van der Waals surface area contributed by atoms with Gasteiger partial charge >= 0.3 is 0 Å². The van der Waals surface area contributed by atoms with Gasteiger partial charge in [0.15, 0.2) is 0 Å². The summed E-state index contributed by atoms with van der Waals surface area (Å²) < 4.78 is 10.6. The van der Waals surface area contributed by atoms with Crippen LogP contribution in [-0.2, 0) is 20.8 Å². The fourth-order valence-corrected chi connectivity index (χ4v) is 3.20. The van der Waals surface area contributed by atoms with Crippen molar-refractivity contribution in [2.24, 2.45) is 0 Å². The number of carbonyl (C=O) groups is 1. The highest BCUT2D eigenvalue weighted by Crippen LogP contribution is 2.17. The molecule has 0 bridgehead atoms. The van der Waals surface area contributed by atoms with Crippen LogP contribution in [0.15, 0.2) is 29.1 Å². The highest BCUT2D eigenvalue weighted by atomic mass is 16.5. The maximum absolute atomic E-state index is 12.4. The van der Waals surface area contributed by atoms with Gasteiger partial charge in [-0.2, -0.15) is 0 Å². The molecule has 1 atom stereocenters. The maximum Gasteiger partial charge on any atom is 0.253 e. The standard InChI is InChI=1S/C19H24N2O4/c1-13-5-6-17-14(8-13)9-15(19(23)20-17)10-21(18(22)12-24-2)11-16-4-3-7-25-16/h5-6,8-9,16H,3-4,7,10-12H2,1-2H3,(H,20,23). The largest absolute Gasteiger partial charge is 0.376 e. The first kappa shape index (κ1) is 17.6. The predicted octanol–water partition coefficient (Wildman–Crippen LogP) is 1.99. The lowest BCUT2D eigenvalue weighted by Crippen LogP contribution is -2.40. The van der Waals surface area contributed by atoms with Crippen LogP contribution in [0.5, 0.6) is 0 Å². The number of fused-ring (bicyclic) bond motifs is 1. The van der Waals surface area contributed by atoms with Gasteiger partial charge in [-0.15, -0.1) is 0 Å². The van der Waals surface area contributed by atoms with Crippen LogP contribution in [0.3, 0.4) is 0 Å². The van der Waals surface area contributed by atoms with Gasteiger partial charge in [0.05, 0.1) is 12.6 Å². The Labute approximate surface area is 146 Å². The summed E-state index contributed by atoms with van der Waals surface area (Å²) in [6.07, 6.45) is 1.97. The summed E-state index contributed by atoms with van der Waals surface area (Å²) in [6.45, 7) is 3.47. The monoisotopic (exact) mass is 344 g/mol. The molecule has 1 aromatic carbocycles. The first-order valence-corrected chi connectivity index (χ1v) is 8.57. The molecule has 1 aliphatic heterocycles. The van der Waals surface area contributed by atoms with Crippen LogP contribution in [0.4, 0.5) is 0 Å². The minimum atomic E-state index is -0.168. The highest BCUT2D eigenvalue weighted by Gasteiger charge is 2.23. The van der Waals surface area contributed by atoms with Crippen molar-refractivity contribution in [1.29, 1.82) is 0 Å². The third-order valence-corrected chi connectivity index (χ3v) is 4.51. The number of hydrogen-bond donors (Lipinski definition) is 1. The van der Waals surface area contributed by atoms with Crippen molar-refractivity contribution >= 4 is 16.8 Å². The van der Waals surface area contributed by atoms with Gasteiger partial charge in [-0.05, 0) is 43.4 Å². The molecule has 0 spiro atoms. The summed E-state index contributed by atoms with van der Waals surface area (Å²) in [4.78, 5) is 29.4. The number of benzene rings is 1. The summed E-state index contributed by atoms with van der Waals surface area (Å²) in [5, 5.41) is 0.964. The summed E-state index contributed by atoms with van der Waals surface area (Å²) >= 11 is 0. The van der Waals surface area contributed by atoms with E-state index in [0.717, 1.165) is 35.9 Å². The van der Waals surface area contributed by atoms with Gasteiger partial charge in [0.25, 0.3) is 5.56 Å². The number of H-pyrrole nitrogens is 1. The van der Waals surface area contributed by atoms with E-state index >= 15 is 0 Å². The third-order valence-electron chi connectivity index (χ3n) is 4.51. The van der Waals surface area contributed by atoms with Crippen LogP contribution >= 0.6 is 0 Å². The maximum atomic E-state index is 12.4. The highest BCUT2D eigenvalue weighted by molar-refractivity contribution is 5.80. The number of aryl methyl sites for hydroxylation is 1. The Morgan fingerprint density at radius 1 is 1.40 bits per heavy atom. The molecule has 2 aromatic rings.